The van der Waals surface area contributed by atoms with Crippen LogP contribution in [0.15, 0.2) is 18.3 Å². The minimum absolute atomic E-state index is 0.00496. The number of nitrogens with zero attached hydrogens (tertiary/aromatic N) is 2. The maximum absolute atomic E-state index is 9.25. The standard InChI is InChI=1S/C11H16N2O3/c1-15-10-2-3-11(12-6-10)13-4-5-16-8-9(13)7-14/h2-3,6,9,14H,4-5,7-8H2,1H3. The number of aliphatic hydroxyl groups is 1. The lowest BCUT2D eigenvalue weighted by molar-refractivity contribution is 0.0723. The molecule has 0 aromatic carbocycles. The molecule has 0 aliphatic carbocycles. The fourth-order valence-electron chi connectivity index (χ4n) is 1.77. The smallest absolute Gasteiger partial charge is 0.137 e. The van der Waals surface area contributed by atoms with E-state index in [2.05, 4.69) is 9.88 Å². The van der Waals surface area contributed by atoms with Crippen molar-refractivity contribution >= 4 is 5.82 Å². The van der Waals surface area contributed by atoms with Crippen LogP contribution in [0.4, 0.5) is 5.82 Å². The van der Waals surface area contributed by atoms with Crippen molar-refractivity contribution in [2.45, 2.75) is 6.04 Å². The van der Waals surface area contributed by atoms with Crippen LogP contribution >= 0.6 is 0 Å². The van der Waals surface area contributed by atoms with Crippen LogP contribution in [0.5, 0.6) is 5.75 Å². The van der Waals surface area contributed by atoms with Crippen molar-refractivity contribution in [3.05, 3.63) is 18.3 Å². The predicted octanol–water partition coefficient (Wildman–Crippen LogP) is 0.288. The van der Waals surface area contributed by atoms with Crippen molar-refractivity contribution in [1.29, 1.82) is 0 Å². The molecule has 16 heavy (non-hydrogen) atoms. The minimum atomic E-state index is -0.00496. The SMILES string of the molecule is COc1ccc(N2CCOCC2CO)nc1. The summed E-state index contributed by atoms with van der Waals surface area (Å²) in [6, 6.07) is 3.76. The molecule has 5 heteroatoms. The molecule has 5 nitrogen and oxygen atoms in total. The van der Waals surface area contributed by atoms with E-state index in [0.29, 0.717) is 13.2 Å². The topological polar surface area (TPSA) is 54.8 Å². The van der Waals surface area contributed by atoms with E-state index in [0.717, 1.165) is 18.1 Å². The molecule has 0 radical (unpaired) electrons. The molecule has 1 aromatic rings. The van der Waals surface area contributed by atoms with Gasteiger partial charge in [0.05, 0.1) is 39.2 Å². The van der Waals surface area contributed by atoms with E-state index < -0.39 is 0 Å². The van der Waals surface area contributed by atoms with E-state index in [1.54, 1.807) is 13.3 Å². The zero-order valence-electron chi connectivity index (χ0n) is 9.30. The van der Waals surface area contributed by atoms with Gasteiger partial charge in [0.2, 0.25) is 0 Å². The molecule has 0 amide bonds. The van der Waals surface area contributed by atoms with E-state index in [1.807, 2.05) is 12.1 Å². The summed E-state index contributed by atoms with van der Waals surface area (Å²) in [5.41, 5.74) is 0. The largest absolute Gasteiger partial charge is 0.495 e. The highest BCUT2D eigenvalue weighted by atomic mass is 16.5. The molecule has 1 aliphatic heterocycles. The molecule has 2 rings (SSSR count). The van der Waals surface area contributed by atoms with Crippen LogP contribution in [0.3, 0.4) is 0 Å². The number of morpholine rings is 1. The second-order valence-corrected chi connectivity index (χ2v) is 3.66. The Morgan fingerprint density at radius 2 is 2.50 bits per heavy atom. The van der Waals surface area contributed by atoms with Gasteiger partial charge in [-0.3, -0.25) is 0 Å². The van der Waals surface area contributed by atoms with Crippen molar-refractivity contribution in [3.63, 3.8) is 0 Å². The first-order valence-electron chi connectivity index (χ1n) is 5.30. The third kappa shape index (κ3) is 2.25. The fraction of sp³-hybridized carbons (Fsp3) is 0.545. The number of ether oxygens (including phenoxy) is 2. The van der Waals surface area contributed by atoms with Crippen LogP contribution in [-0.4, -0.2) is 49.6 Å². The van der Waals surface area contributed by atoms with E-state index >= 15 is 0 Å². The lowest BCUT2D eigenvalue weighted by atomic mass is 10.2. The third-order valence-electron chi connectivity index (χ3n) is 2.69. The molecule has 1 unspecified atom stereocenters. The number of hydrogen-bond acceptors (Lipinski definition) is 5. The maximum atomic E-state index is 9.25. The molecule has 1 aliphatic rings. The summed E-state index contributed by atoms with van der Waals surface area (Å²) in [6.45, 7) is 2.05. The zero-order valence-corrected chi connectivity index (χ0v) is 9.30. The average molecular weight is 224 g/mol. The van der Waals surface area contributed by atoms with Crippen molar-refractivity contribution < 1.29 is 14.6 Å². The molecule has 0 saturated carbocycles. The van der Waals surface area contributed by atoms with E-state index in [1.165, 1.54) is 0 Å². The van der Waals surface area contributed by atoms with Gasteiger partial charge in [-0.25, -0.2) is 4.98 Å². The van der Waals surface area contributed by atoms with Crippen LogP contribution in [0, 0.1) is 0 Å². The first kappa shape index (κ1) is 11.2. The predicted molar refractivity (Wildman–Crippen MR) is 59.8 cm³/mol. The summed E-state index contributed by atoms with van der Waals surface area (Å²) in [4.78, 5) is 6.36. The molecular weight excluding hydrogens is 208 g/mol. The number of aliphatic hydroxyl groups excluding tert-OH is 1. The van der Waals surface area contributed by atoms with Crippen LogP contribution < -0.4 is 9.64 Å². The molecule has 1 aromatic heterocycles. The quantitative estimate of drug-likeness (QED) is 0.799. The molecule has 1 saturated heterocycles. The summed E-state index contributed by atoms with van der Waals surface area (Å²) in [6.07, 6.45) is 1.68. The summed E-state index contributed by atoms with van der Waals surface area (Å²) in [5.74, 6) is 1.58. The second-order valence-electron chi connectivity index (χ2n) is 3.66. The third-order valence-corrected chi connectivity index (χ3v) is 2.69. The molecule has 1 fully saturated rings. The zero-order chi connectivity index (χ0) is 11.4. The van der Waals surface area contributed by atoms with Gasteiger partial charge in [0, 0.05) is 6.54 Å². The van der Waals surface area contributed by atoms with Gasteiger partial charge in [-0.05, 0) is 12.1 Å². The van der Waals surface area contributed by atoms with E-state index in [4.69, 9.17) is 9.47 Å². The van der Waals surface area contributed by atoms with Crippen molar-refractivity contribution in [2.75, 3.05) is 38.4 Å². The Balaban J connectivity index is 2.14. The van der Waals surface area contributed by atoms with Gasteiger partial charge >= 0.3 is 0 Å². The van der Waals surface area contributed by atoms with Crippen LogP contribution in [0.25, 0.3) is 0 Å². The molecular formula is C11H16N2O3. The Bertz CT molecular complexity index is 329. The minimum Gasteiger partial charge on any atom is -0.495 e. The normalized spacial score (nSPS) is 20.9. The Labute approximate surface area is 94.6 Å². The van der Waals surface area contributed by atoms with Gasteiger partial charge in [-0.1, -0.05) is 0 Å². The molecule has 0 bridgehead atoms. The van der Waals surface area contributed by atoms with Gasteiger partial charge in [0.15, 0.2) is 0 Å². The summed E-state index contributed by atoms with van der Waals surface area (Å²) in [5, 5.41) is 9.25. The Morgan fingerprint density at radius 1 is 1.62 bits per heavy atom. The van der Waals surface area contributed by atoms with Crippen LogP contribution in [-0.2, 0) is 4.74 Å². The number of methoxy groups -OCH3 is 1. The lowest BCUT2D eigenvalue weighted by Gasteiger charge is -2.35. The first-order chi connectivity index (χ1) is 7.85. The highest BCUT2D eigenvalue weighted by molar-refractivity contribution is 5.42. The molecule has 2 heterocycles. The Morgan fingerprint density at radius 3 is 3.12 bits per heavy atom. The number of hydrogen-bond donors (Lipinski definition) is 1. The summed E-state index contributed by atoms with van der Waals surface area (Å²) >= 11 is 0. The highest BCUT2D eigenvalue weighted by Crippen LogP contribution is 2.19. The van der Waals surface area contributed by atoms with Gasteiger partial charge < -0.3 is 19.5 Å². The highest BCUT2D eigenvalue weighted by Gasteiger charge is 2.23. The van der Waals surface area contributed by atoms with Gasteiger partial charge in [-0.2, -0.15) is 0 Å². The average Bonchev–Trinajstić information content (AvgIpc) is 2.39. The van der Waals surface area contributed by atoms with Crippen LogP contribution in [0.1, 0.15) is 0 Å². The van der Waals surface area contributed by atoms with Crippen molar-refractivity contribution in [3.8, 4) is 5.75 Å². The van der Waals surface area contributed by atoms with Gasteiger partial charge in [-0.15, -0.1) is 0 Å². The summed E-state index contributed by atoms with van der Waals surface area (Å²) < 4.78 is 10.4. The Kier molecular flexibility index (Phi) is 3.58. The monoisotopic (exact) mass is 224 g/mol. The number of anilines is 1. The number of aromatic nitrogens is 1. The molecule has 1 atom stereocenters. The van der Waals surface area contributed by atoms with Crippen molar-refractivity contribution in [2.24, 2.45) is 0 Å². The maximum Gasteiger partial charge on any atom is 0.137 e. The Hall–Kier alpha value is -1.33. The number of rotatable bonds is 3. The molecule has 1 N–H and O–H groups in total. The number of pyridine rings is 1. The van der Waals surface area contributed by atoms with E-state index in [-0.39, 0.29) is 12.6 Å². The lowest BCUT2D eigenvalue weighted by Crippen LogP contribution is -2.48. The van der Waals surface area contributed by atoms with Gasteiger partial charge in [0.1, 0.15) is 11.6 Å². The van der Waals surface area contributed by atoms with E-state index in [9.17, 15) is 5.11 Å². The first-order valence-corrected chi connectivity index (χ1v) is 5.30. The second kappa shape index (κ2) is 5.14. The molecule has 88 valence electrons. The van der Waals surface area contributed by atoms with Crippen LogP contribution in [0.2, 0.25) is 0 Å². The van der Waals surface area contributed by atoms with Gasteiger partial charge in [0.25, 0.3) is 0 Å². The fourth-order valence-corrected chi connectivity index (χ4v) is 1.77. The molecule has 0 spiro atoms. The summed E-state index contributed by atoms with van der Waals surface area (Å²) in [7, 11) is 1.61. The van der Waals surface area contributed by atoms with Crippen molar-refractivity contribution in [1.82, 2.24) is 4.98 Å².